The molecule has 0 aliphatic rings. The molecule has 0 amide bonds. The van der Waals surface area contributed by atoms with Gasteiger partial charge >= 0.3 is 5.97 Å². The van der Waals surface area contributed by atoms with Crippen LogP contribution in [0.5, 0.6) is 0 Å². The second-order valence-corrected chi connectivity index (χ2v) is 2.85. The van der Waals surface area contributed by atoms with Gasteiger partial charge in [-0.05, 0) is 0 Å². The first kappa shape index (κ1) is 11.8. The summed E-state index contributed by atoms with van der Waals surface area (Å²) in [5.74, 6) is -3.54. The van der Waals surface area contributed by atoms with Gasteiger partial charge < -0.3 is 5.11 Å². The van der Waals surface area contributed by atoms with E-state index in [2.05, 4.69) is 4.98 Å². The van der Waals surface area contributed by atoms with Crippen LogP contribution in [0.15, 0.2) is 6.20 Å². The van der Waals surface area contributed by atoms with E-state index in [4.69, 9.17) is 16.7 Å². The van der Waals surface area contributed by atoms with Gasteiger partial charge in [-0.2, -0.15) is 0 Å². The molecule has 0 spiro atoms. The number of pyridine rings is 1. The number of aromatic carboxylic acids is 1. The van der Waals surface area contributed by atoms with Gasteiger partial charge in [0.15, 0.2) is 0 Å². The molecule has 1 aromatic heterocycles. The molecule has 15 heavy (non-hydrogen) atoms. The molecular formula is C8H5ClF3NO2. The van der Waals surface area contributed by atoms with Crippen LogP contribution in [0.3, 0.4) is 0 Å². The molecule has 82 valence electrons. The summed E-state index contributed by atoms with van der Waals surface area (Å²) in [6, 6.07) is 0. The van der Waals surface area contributed by atoms with Crippen molar-refractivity contribution < 1.29 is 23.1 Å². The van der Waals surface area contributed by atoms with E-state index in [1.165, 1.54) is 0 Å². The maximum Gasteiger partial charge on any atom is 0.340 e. The lowest BCUT2D eigenvalue weighted by atomic mass is 10.1. The van der Waals surface area contributed by atoms with E-state index in [9.17, 15) is 18.0 Å². The lowest BCUT2D eigenvalue weighted by Gasteiger charge is -2.08. The number of hydrogen-bond donors (Lipinski definition) is 1. The summed E-state index contributed by atoms with van der Waals surface area (Å²) in [4.78, 5) is 13.8. The molecule has 3 nitrogen and oxygen atoms in total. The van der Waals surface area contributed by atoms with E-state index in [-0.39, 0.29) is 5.69 Å². The van der Waals surface area contributed by atoms with Crippen molar-refractivity contribution in [2.24, 2.45) is 0 Å². The van der Waals surface area contributed by atoms with E-state index in [0.29, 0.717) is 6.20 Å². The van der Waals surface area contributed by atoms with Crippen molar-refractivity contribution in [3.63, 3.8) is 0 Å². The second kappa shape index (κ2) is 4.48. The number of carboxylic acid groups (broad SMARTS) is 1. The fourth-order valence-electron chi connectivity index (χ4n) is 1.02. The highest BCUT2D eigenvalue weighted by Gasteiger charge is 2.24. The highest BCUT2D eigenvalue weighted by atomic mass is 35.5. The van der Waals surface area contributed by atoms with Crippen molar-refractivity contribution in [1.82, 2.24) is 4.98 Å². The van der Waals surface area contributed by atoms with Gasteiger partial charge in [-0.25, -0.2) is 18.0 Å². The summed E-state index contributed by atoms with van der Waals surface area (Å²) < 4.78 is 38.0. The molecule has 7 heteroatoms. The summed E-state index contributed by atoms with van der Waals surface area (Å²) in [5.41, 5.74) is -2.29. The number of carbonyl (C=O) groups is 1. The lowest BCUT2D eigenvalue weighted by molar-refractivity contribution is 0.0689. The Morgan fingerprint density at radius 1 is 1.60 bits per heavy atom. The molecule has 0 fully saturated rings. The summed E-state index contributed by atoms with van der Waals surface area (Å²) in [5, 5.41) is 8.48. The lowest BCUT2D eigenvalue weighted by Crippen LogP contribution is -2.09. The Morgan fingerprint density at radius 2 is 2.20 bits per heavy atom. The van der Waals surface area contributed by atoms with Crippen LogP contribution in [0.25, 0.3) is 0 Å². The molecule has 1 N–H and O–H groups in total. The first-order valence-corrected chi connectivity index (χ1v) is 4.27. The van der Waals surface area contributed by atoms with Gasteiger partial charge in [0.25, 0.3) is 6.43 Å². The van der Waals surface area contributed by atoms with Gasteiger partial charge in [-0.15, -0.1) is 11.6 Å². The van der Waals surface area contributed by atoms with Crippen molar-refractivity contribution in [3.8, 4) is 0 Å². The minimum absolute atomic E-state index is 0.353. The van der Waals surface area contributed by atoms with Crippen LogP contribution in [0.2, 0.25) is 0 Å². The van der Waals surface area contributed by atoms with Crippen molar-refractivity contribution in [2.45, 2.75) is 12.3 Å². The Morgan fingerprint density at radius 3 is 2.60 bits per heavy atom. The van der Waals surface area contributed by atoms with Gasteiger partial charge in [-0.1, -0.05) is 0 Å². The molecular weight excluding hydrogens is 235 g/mol. The zero-order chi connectivity index (χ0) is 11.6. The van der Waals surface area contributed by atoms with E-state index in [1.807, 2.05) is 0 Å². The second-order valence-electron chi connectivity index (χ2n) is 2.59. The van der Waals surface area contributed by atoms with Gasteiger partial charge in [0, 0.05) is 6.20 Å². The van der Waals surface area contributed by atoms with Gasteiger partial charge in [0.2, 0.25) is 0 Å². The highest BCUT2D eigenvalue weighted by Crippen LogP contribution is 2.27. The average molecular weight is 240 g/mol. The normalized spacial score (nSPS) is 10.7. The number of halogens is 4. The van der Waals surface area contributed by atoms with E-state index in [1.54, 1.807) is 0 Å². The summed E-state index contributed by atoms with van der Waals surface area (Å²) in [6.07, 6.45) is -2.48. The molecule has 1 aromatic rings. The van der Waals surface area contributed by atoms with E-state index >= 15 is 0 Å². The number of hydrogen-bond acceptors (Lipinski definition) is 2. The van der Waals surface area contributed by atoms with Crippen LogP contribution < -0.4 is 0 Å². The molecule has 0 saturated heterocycles. The zero-order valence-corrected chi connectivity index (χ0v) is 7.93. The third-order valence-electron chi connectivity index (χ3n) is 1.71. The SMILES string of the molecule is O=C(O)c1cnc(CCl)c(C(F)F)c1F. The Labute approximate surface area is 87.5 Å². The minimum Gasteiger partial charge on any atom is -0.478 e. The highest BCUT2D eigenvalue weighted by molar-refractivity contribution is 6.17. The largest absolute Gasteiger partial charge is 0.478 e. The number of carboxylic acids is 1. The van der Waals surface area contributed by atoms with Gasteiger partial charge in [0.05, 0.1) is 17.1 Å². The minimum atomic E-state index is -3.15. The topological polar surface area (TPSA) is 50.2 Å². The van der Waals surface area contributed by atoms with Crippen LogP contribution in [-0.4, -0.2) is 16.1 Å². The standard InChI is InChI=1S/C8H5ClF3NO2/c9-1-4-5(7(11)12)6(10)3(2-13-4)8(14)15/h2,7H,1H2,(H,14,15). The zero-order valence-electron chi connectivity index (χ0n) is 7.18. The van der Waals surface area contributed by atoms with Crippen LogP contribution in [0, 0.1) is 5.82 Å². The quantitative estimate of drug-likeness (QED) is 0.825. The van der Waals surface area contributed by atoms with Crippen LogP contribution in [0.4, 0.5) is 13.2 Å². The predicted molar refractivity (Wildman–Crippen MR) is 45.7 cm³/mol. The molecule has 0 radical (unpaired) electrons. The number of nitrogens with zero attached hydrogens (tertiary/aromatic N) is 1. The molecule has 0 aliphatic heterocycles. The van der Waals surface area contributed by atoms with Crippen LogP contribution >= 0.6 is 11.6 Å². The molecule has 1 heterocycles. The maximum absolute atomic E-state index is 13.3. The average Bonchev–Trinajstić information content (AvgIpc) is 2.15. The van der Waals surface area contributed by atoms with E-state index < -0.39 is 35.2 Å². The third-order valence-corrected chi connectivity index (χ3v) is 1.96. The van der Waals surface area contributed by atoms with E-state index in [0.717, 1.165) is 0 Å². The Bertz CT molecular complexity index is 398. The smallest absolute Gasteiger partial charge is 0.340 e. The monoisotopic (exact) mass is 239 g/mol. The Balaban J connectivity index is 3.42. The number of alkyl halides is 3. The molecule has 0 aliphatic carbocycles. The van der Waals surface area contributed by atoms with Crippen molar-refractivity contribution in [2.75, 3.05) is 0 Å². The fraction of sp³-hybridized carbons (Fsp3) is 0.250. The molecule has 1 rings (SSSR count). The fourth-order valence-corrected chi connectivity index (χ4v) is 1.23. The summed E-state index contributed by atoms with van der Waals surface area (Å²) in [7, 11) is 0. The third kappa shape index (κ3) is 2.20. The molecule has 0 atom stereocenters. The maximum atomic E-state index is 13.3. The van der Waals surface area contributed by atoms with Crippen molar-refractivity contribution >= 4 is 17.6 Å². The first-order valence-electron chi connectivity index (χ1n) is 3.73. The summed E-state index contributed by atoms with van der Waals surface area (Å²) >= 11 is 5.27. The van der Waals surface area contributed by atoms with Crippen LogP contribution in [0.1, 0.15) is 28.0 Å². The molecule has 0 unspecified atom stereocenters. The predicted octanol–water partition coefficient (Wildman–Crippen LogP) is 2.60. The van der Waals surface area contributed by atoms with Crippen LogP contribution in [-0.2, 0) is 5.88 Å². The first-order chi connectivity index (χ1) is 6.99. The van der Waals surface area contributed by atoms with Crippen molar-refractivity contribution in [3.05, 3.63) is 28.8 Å². The van der Waals surface area contributed by atoms with Gasteiger partial charge in [-0.3, -0.25) is 4.98 Å². The Kier molecular flexibility index (Phi) is 3.52. The van der Waals surface area contributed by atoms with Gasteiger partial charge in [0.1, 0.15) is 11.4 Å². The molecule has 0 bridgehead atoms. The number of aromatic nitrogens is 1. The Hall–Kier alpha value is -1.30. The van der Waals surface area contributed by atoms with Crippen molar-refractivity contribution in [1.29, 1.82) is 0 Å². The number of rotatable bonds is 3. The molecule has 0 aromatic carbocycles. The summed E-state index contributed by atoms with van der Waals surface area (Å²) in [6.45, 7) is 0. The molecule has 0 saturated carbocycles.